The Labute approximate surface area is 197 Å². The summed E-state index contributed by atoms with van der Waals surface area (Å²) in [6, 6.07) is 14.5. The molecule has 5 nitrogen and oxygen atoms in total. The Morgan fingerprint density at radius 3 is 2.62 bits per heavy atom. The number of amides is 1. The standard InChI is InChI=1S/C25H27N3O2S2/c1-16-8-7-9-17(14-16)26-25-28(18-10-5-4-6-11-18)23(29)22(32-25)24-27(2)20-15-19(30-3)12-13-21(20)31-24/h7-9,12-15,18H,4-6,10-11H2,1-3H3/b24-22-,26-25?. The summed E-state index contributed by atoms with van der Waals surface area (Å²) >= 11 is 3.17. The van der Waals surface area contributed by atoms with Crippen LogP contribution < -0.4 is 9.64 Å². The molecule has 0 radical (unpaired) electrons. The number of hydrogen-bond donors (Lipinski definition) is 0. The molecule has 0 aromatic heterocycles. The number of aliphatic imine (C=N–C) groups is 1. The average Bonchev–Trinajstić information content (AvgIpc) is 3.30. The van der Waals surface area contributed by atoms with Crippen LogP contribution in [0.1, 0.15) is 37.7 Å². The molecule has 166 valence electrons. The summed E-state index contributed by atoms with van der Waals surface area (Å²) in [5.74, 6) is 0.904. The number of anilines is 1. The summed E-state index contributed by atoms with van der Waals surface area (Å²) in [4.78, 5) is 24.7. The van der Waals surface area contributed by atoms with Crippen molar-refractivity contribution in [1.29, 1.82) is 0 Å². The van der Waals surface area contributed by atoms with E-state index in [1.165, 1.54) is 36.6 Å². The van der Waals surface area contributed by atoms with Crippen molar-refractivity contribution < 1.29 is 9.53 Å². The first-order chi connectivity index (χ1) is 15.5. The highest BCUT2D eigenvalue weighted by Gasteiger charge is 2.42. The van der Waals surface area contributed by atoms with Gasteiger partial charge in [-0.3, -0.25) is 9.69 Å². The van der Waals surface area contributed by atoms with Crippen molar-refractivity contribution in [1.82, 2.24) is 4.90 Å². The van der Waals surface area contributed by atoms with E-state index in [1.807, 2.05) is 36.2 Å². The molecular weight excluding hydrogens is 438 g/mol. The third kappa shape index (κ3) is 3.92. The molecule has 32 heavy (non-hydrogen) atoms. The van der Waals surface area contributed by atoms with Crippen LogP contribution in [0.3, 0.4) is 0 Å². The molecule has 0 spiro atoms. The second kappa shape index (κ2) is 8.87. The molecule has 0 bridgehead atoms. The molecule has 2 aromatic carbocycles. The van der Waals surface area contributed by atoms with Gasteiger partial charge >= 0.3 is 0 Å². The minimum absolute atomic E-state index is 0.0856. The van der Waals surface area contributed by atoms with Crippen molar-refractivity contribution in [2.45, 2.75) is 50.0 Å². The van der Waals surface area contributed by atoms with Gasteiger partial charge in [0.1, 0.15) is 10.7 Å². The van der Waals surface area contributed by atoms with E-state index in [0.29, 0.717) is 0 Å². The first-order valence-electron chi connectivity index (χ1n) is 11.1. The number of amidine groups is 1. The smallest absolute Gasteiger partial charge is 0.269 e. The van der Waals surface area contributed by atoms with E-state index >= 15 is 0 Å². The predicted octanol–water partition coefficient (Wildman–Crippen LogP) is 6.31. The highest BCUT2D eigenvalue weighted by atomic mass is 32.2. The monoisotopic (exact) mass is 465 g/mol. The van der Waals surface area contributed by atoms with E-state index in [4.69, 9.17) is 9.73 Å². The van der Waals surface area contributed by atoms with Crippen LogP contribution in [-0.2, 0) is 4.79 Å². The van der Waals surface area contributed by atoms with Crippen molar-refractivity contribution in [3.63, 3.8) is 0 Å². The van der Waals surface area contributed by atoms with Crippen LogP contribution >= 0.6 is 23.5 Å². The fourth-order valence-electron chi connectivity index (χ4n) is 4.51. The number of ether oxygens (including phenoxy) is 1. The SMILES string of the molecule is COc1ccc2c(c1)N(C)/C(=C1/SC(=Nc3cccc(C)c3)N(C3CCCCC3)C1=O)S2. The average molecular weight is 466 g/mol. The largest absolute Gasteiger partial charge is 0.497 e. The molecule has 2 aliphatic heterocycles. The molecule has 1 amide bonds. The van der Waals surface area contributed by atoms with Crippen molar-refractivity contribution in [3.8, 4) is 5.75 Å². The van der Waals surface area contributed by atoms with Crippen LogP contribution in [0.2, 0.25) is 0 Å². The van der Waals surface area contributed by atoms with Gasteiger partial charge in [0.25, 0.3) is 5.91 Å². The van der Waals surface area contributed by atoms with Crippen LogP contribution in [-0.4, -0.2) is 36.2 Å². The van der Waals surface area contributed by atoms with Crippen LogP contribution in [0.5, 0.6) is 5.75 Å². The fourth-order valence-corrected chi connectivity index (χ4v) is 6.90. The Bertz CT molecular complexity index is 1120. The summed E-state index contributed by atoms with van der Waals surface area (Å²) in [5.41, 5.74) is 3.13. The Morgan fingerprint density at radius 2 is 1.88 bits per heavy atom. The number of thioether (sulfide) groups is 2. The Morgan fingerprint density at radius 1 is 1.06 bits per heavy atom. The maximum absolute atomic E-state index is 13.8. The lowest BCUT2D eigenvalue weighted by Gasteiger charge is -2.30. The van der Waals surface area contributed by atoms with Crippen molar-refractivity contribution in [2.75, 3.05) is 19.1 Å². The summed E-state index contributed by atoms with van der Waals surface area (Å²) in [7, 11) is 3.70. The third-order valence-corrected chi connectivity index (χ3v) is 8.62. The van der Waals surface area contributed by atoms with E-state index < -0.39 is 0 Å². The van der Waals surface area contributed by atoms with Crippen molar-refractivity contribution in [2.24, 2.45) is 4.99 Å². The van der Waals surface area contributed by atoms with E-state index in [0.717, 1.165) is 50.0 Å². The molecular formula is C25H27N3O2S2. The topological polar surface area (TPSA) is 45.1 Å². The molecule has 3 aliphatic rings. The van der Waals surface area contributed by atoms with E-state index in [9.17, 15) is 4.79 Å². The number of carbonyl (C=O) groups is 1. The number of hydrogen-bond acceptors (Lipinski definition) is 6. The van der Waals surface area contributed by atoms with Gasteiger partial charge in [0, 0.05) is 24.1 Å². The number of aryl methyl sites for hydroxylation is 1. The van der Waals surface area contributed by atoms with Gasteiger partial charge in [0.2, 0.25) is 0 Å². The highest BCUT2D eigenvalue weighted by Crippen LogP contribution is 2.51. The Hall–Kier alpha value is -2.38. The molecule has 1 saturated carbocycles. The van der Waals surface area contributed by atoms with E-state index in [-0.39, 0.29) is 11.9 Å². The molecule has 5 rings (SSSR count). The number of fused-ring (bicyclic) bond motifs is 1. The summed E-state index contributed by atoms with van der Waals surface area (Å²) in [6.07, 6.45) is 5.68. The second-order valence-corrected chi connectivity index (χ2v) is 10.4. The predicted molar refractivity (Wildman–Crippen MR) is 134 cm³/mol. The number of benzene rings is 2. The number of nitrogens with zero attached hydrogens (tertiary/aromatic N) is 3. The van der Waals surface area contributed by atoms with Crippen LogP contribution in [0.25, 0.3) is 0 Å². The second-order valence-electron chi connectivity index (χ2n) is 8.43. The van der Waals surface area contributed by atoms with Gasteiger partial charge in [0.15, 0.2) is 5.17 Å². The number of methoxy groups -OCH3 is 1. The molecule has 2 heterocycles. The van der Waals surface area contributed by atoms with Crippen molar-refractivity contribution >= 4 is 46.0 Å². The lowest BCUT2D eigenvalue weighted by molar-refractivity contribution is -0.124. The lowest BCUT2D eigenvalue weighted by atomic mass is 9.94. The quantitative estimate of drug-likeness (QED) is 0.497. The Kier molecular flexibility index (Phi) is 5.95. The van der Waals surface area contributed by atoms with Crippen molar-refractivity contribution in [3.05, 3.63) is 58.0 Å². The molecule has 0 unspecified atom stereocenters. The molecule has 2 fully saturated rings. The minimum atomic E-state index is 0.0856. The number of carbonyl (C=O) groups excluding carboxylic acids is 1. The highest BCUT2D eigenvalue weighted by molar-refractivity contribution is 8.19. The van der Waals surface area contributed by atoms with Crippen LogP contribution in [0.15, 0.2) is 62.3 Å². The Balaban J connectivity index is 1.55. The maximum Gasteiger partial charge on any atom is 0.269 e. The summed E-state index contributed by atoms with van der Waals surface area (Å²) < 4.78 is 5.41. The van der Waals surface area contributed by atoms with E-state index in [1.54, 1.807) is 18.9 Å². The summed E-state index contributed by atoms with van der Waals surface area (Å²) in [6.45, 7) is 2.07. The zero-order valence-electron chi connectivity index (χ0n) is 18.6. The minimum Gasteiger partial charge on any atom is -0.497 e. The first-order valence-corrected chi connectivity index (χ1v) is 12.7. The summed E-state index contributed by atoms with van der Waals surface area (Å²) in [5, 5.41) is 1.77. The van der Waals surface area contributed by atoms with Gasteiger partial charge < -0.3 is 9.64 Å². The number of rotatable bonds is 3. The van der Waals surface area contributed by atoms with Crippen LogP contribution in [0.4, 0.5) is 11.4 Å². The zero-order chi connectivity index (χ0) is 22.2. The normalized spacial score (nSPS) is 22.7. The van der Waals surface area contributed by atoms with Crippen LogP contribution in [0, 0.1) is 6.92 Å². The van der Waals surface area contributed by atoms with Gasteiger partial charge in [-0.2, -0.15) is 0 Å². The maximum atomic E-state index is 13.8. The third-order valence-electron chi connectivity index (χ3n) is 6.21. The molecule has 0 N–H and O–H groups in total. The molecule has 2 aromatic rings. The first kappa shape index (κ1) is 21.5. The van der Waals surface area contributed by atoms with Gasteiger partial charge in [-0.15, -0.1) is 0 Å². The van der Waals surface area contributed by atoms with Gasteiger partial charge in [-0.25, -0.2) is 4.99 Å². The fraction of sp³-hybridized carbons (Fsp3) is 0.360. The molecule has 0 atom stereocenters. The lowest BCUT2D eigenvalue weighted by Crippen LogP contribution is -2.40. The zero-order valence-corrected chi connectivity index (χ0v) is 20.3. The molecule has 1 saturated heterocycles. The van der Waals surface area contributed by atoms with Gasteiger partial charge in [-0.1, -0.05) is 43.2 Å². The van der Waals surface area contributed by atoms with Gasteiger partial charge in [-0.05, 0) is 61.4 Å². The van der Waals surface area contributed by atoms with E-state index in [2.05, 4.69) is 30.0 Å². The van der Waals surface area contributed by atoms with Gasteiger partial charge in [0.05, 0.1) is 23.5 Å². The molecule has 7 heteroatoms. The molecule has 1 aliphatic carbocycles.